The zero-order chi connectivity index (χ0) is 13.2. The second-order valence-corrected chi connectivity index (χ2v) is 4.39. The number of hydrogen-bond acceptors (Lipinski definition) is 4. The Morgan fingerprint density at radius 3 is 2.65 bits per heavy atom. The molecule has 1 heterocycles. The van der Waals surface area contributed by atoms with Crippen LogP contribution < -0.4 is 16.0 Å². The van der Waals surface area contributed by atoms with Gasteiger partial charge >= 0.3 is 0 Å². The maximum absolute atomic E-state index is 11.4. The molecule has 96 valence electrons. The molecule has 6 heteroatoms. The summed E-state index contributed by atoms with van der Waals surface area (Å²) in [5, 5.41) is 6.97. The number of carbonyl (C=O) groups is 1. The summed E-state index contributed by atoms with van der Waals surface area (Å²) >= 11 is 0. The van der Waals surface area contributed by atoms with Gasteiger partial charge in [-0.3, -0.25) is 4.79 Å². The van der Waals surface area contributed by atoms with Gasteiger partial charge in [-0.2, -0.15) is 5.10 Å². The number of nitrogens with one attached hydrogen (secondary N) is 1. The van der Waals surface area contributed by atoms with Crippen molar-refractivity contribution in [2.24, 2.45) is 0 Å². The zero-order valence-corrected chi connectivity index (χ0v) is 11.1. The van der Waals surface area contributed by atoms with Gasteiger partial charge < -0.3 is 16.0 Å². The van der Waals surface area contributed by atoms with Crippen LogP contribution in [0.15, 0.2) is 0 Å². The molecule has 0 spiro atoms. The standard InChI is InChI=1S/C11H21N5O/c1-7(2)16-11(10(12)8(3)14-16)15(5)6-9(17)13-4/h7H,6,12H2,1-5H3,(H,13,17). The van der Waals surface area contributed by atoms with Crippen LogP contribution in [0.25, 0.3) is 0 Å². The average molecular weight is 239 g/mol. The number of nitrogen functional groups attached to an aromatic ring is 1. The van der Waals surface area contributed by atoms with Crippen molar-refractivity contribution < 1.29 is 4.79 Å². The van der Waals surface area contributed by atoms with E-state index < -0.39 is 0 Å². The second kappa shape index (κ2) is 5.07. The topological polar surface area (TPSA) is 76.2 Å². The van der Waals surface area contributed by atoms with Gasteiger partial charge in [0.05, 0.1) is 17.9 Å². The third-order valence-corrected chi connectivity index (χ3v) is 2.62. The molecule has 1 amide bonds. The summed E-state index contributed by atoms with van der Waals surface area (Å²) in [4.78, 5) is 13.2. The van der Waals surface area contributed by atoms with Crippen LogP contribution in [0.2, 0.25) is 0 Å². The van der Waals surface area contributed by atoms with Crippen LogP contribution >= 0.6 is 0 Å². The van der Waals surface area contributed by atoms with E-state index in [0.717, 1.165) is 11.5 Å². The number of nitrogens with zero attached hydrogens (tertiary/aromatic N) is 3. The molecule has 0 atom stereocenters. The molecule has 0 saturated carbocycles. The maximum atomic E-state index is 11.4. The Labute approximate surface area is 102 Å². The van der Waals surface area contributed by atoms with Crippen LogP contribution in [0.3, 0.4) is 0 Å². The number of aryl methyl sites for hydroxylation is 1. The third kappa shape index (κ3) is 2.69. The van der Waals surface area contributed by atoms with Gasteiger partial charge in [0.25, 0.3) is 0 Å². The maximum Gasteiger partial charge on any atom is 0.239 e. The van der Waals surface area contributed by atoms with E-state index in [-0.39, 0.29) is 18.5 Å². The number of anilines is 2. The van der Waals surface area contributed by atoms with Gasteiger partial charge in [0, 0.05) is 20.1 Å². The van der Waals surface area contributed by atoms with E-state index in [0.29, 0.717) is 5.69 Å². The molecule has 6 nitrogen and oxygen atoms in total. The van der Waals surface area contributed by atoms with Gasteiger partial charge in [-0.15, -0.1) is 0 Å². The summed E-state index contributed by atoms with van der Waals surface area (Å²) in [6.45, 7) is 6.19. The van der Waals surface area contributed by atoms with E-state index in [9.17, 15) is 4.79 Å². The van der Waals surface area contributed by atoms with Crippen molar-refractivity contribution in [2.75, 3.05) is 31.3 Å². The van der Waals surface area contributed by atoms with Crippen molar-refractivity contribution in [3.05, 3.63) is 5.69 Å². The minimum Gasteiger partial charge on any atom is -0.394 e. The normalized spacial score (nSPS) is 10.7. The second-order valence-electron chi connectivity index (χ2n) is 4.39. The Morgan fingerprint density at radius 2 is 2.18 bits per heavy atom. The Morgan fingerprint density at radius 1 is 1.59 bits per heavy atom. The number of rotatable bonds is 4. The molecule has 0 aliphatic heterocycles. The molecule has 3 N–H and O–H groups in total. The van der Waals surface area contributed by atoms with Gasteiger partial charge in [0.15, 0.2) is 5.82 Å². The van der Waals surface area contributed by atoms with Gasteiger partial charge in [0.2, 0.25) is 5.91 Å². The molecule has 1 rings (SSSR count). The number of likely N-dealkylation sites (N-methyl/N-ethyl adjacent to an activating group) is 2. The third-order valence-electron chi connectivity index (χ3n) is 2.62. The largest absolute Gasteiger partial charge is 0.394 e. The molecule has 1 aromatic heterocycles. The van der Waals surface area contributed by atoms with E-state index in [1.165, 1.54) is 0 Å². The first-order chi connectivity index (χ1) is 7.88. The molecule has 0 aliphatic carbocycles. The lowest BCUT2D eigenvalue weighted by atomic mass is 10.3. The lowest BCUT2D eigenvalue weighted by molar-refractivity contribution is -0.119. The molecule has 1 aromatic rings. The van der Waals surface area contributed by atoms with Gasteiger partial charge in [-0.05, 0) is 20.8 Å². The van der Waals surface area contributed by atoms with Crippen LogP contribution in [-0.2, 0) is 4.79 Å². The van der Waals surface area contributed by atoms with Gasteiger partial charge in [-0.1, -0.05) is 0 Å². The minimum atomic E-state index is -0.0546. The summed E-state index contributed by atoms with van der Waals surface area (Å²) in [5.74, 6) is 0.738. The monoisotopic (exact) mass is 239 g/mol. The van der Waals surface area contributed by atoms with E-state index in [2.05, 4.69) is 10.4 Å². The number of aromatic nitrogens is 2. The smallest absolute Gasteiger partial charge is 0.239 e. The van der Waals surface area contributed by atoms with Crippen LogP contribution in [0.1, 0.15) is 25.6 Å². The summed E-state index contributed by atoms with van der Waals surface area (Å²) in [5.41, 5.74) is 7.42. The van der Waals surface area contributed by atoms with Crippen LogP contribution in [0, 0.1) is 6.92 Å². The van der Waals surface area contributed by atoms with Crippen LogP contribution in [0.4, 0.5) is 11.5 Å². The van der Waals surface area contributed by atoms with E-state index >= 15 is 0 Å². The molecular formula is C11H21N5O. The van der Waals surface area contributed by atoms with Gasteiger partial charge in [-0.25, -0.2) is 4.68 Å². The molecule has 17 heavy (non-hydrogen) atoms. The van der Waals surface area contributed by atoms with E-state index in [4.69, 9.17) is 5.73 Å². The Hall–Kier alpha value is -1.72. The fourth-order valence-electron chi connectivity index (χ4n) is 1.66. The number of carbonyl (C=O) groups excluding carboxylic acids is 1. The zero-order valence-electron chi connectivity index (χ0n) is 11.1. The van der Waals surface area contributed by atoms with Crippen molar-refractivity contribution in [3.63, 3.8) is 0 Å². The number of nitrogens with two attached hydrogens (primary N) is 1. The lowest BCUT2D eigenvalue weighted by Crippen LogP contribution is -2.34. The molecular weight excluding hydrogens is 218 g/mol. The summed E-state index contributed by atoms with van der Waals surface area (Å²) < 4.78 is 1.84. The quantitative estimate of drug-likeness (QED) is 0.804. The van der Waals surface area contributed by atoms with Crippen LogP contribution in [-0.4, -0.2) is 36.3 Å². The van der Waals surface area contributed by atoms with Crippen LogP contribution in [0.5, 0.6) is 0 Å². The highest BCUT2D eigenvalue weighted by Crippen LogP contribution is 2.28. The fraction of sp³-hybridized carbons (Fsp3) is 0.636. The molecule has 0 aliphatic rings. The first-order valence-corrected chi connectivity index (χ1v) is 5.64. The number of hydrogen-bond donors (Lipinski definition) is 2. The Kier molecular flexibility index (Phi) is 3.98. The van der Waals surface area contributed by atoms with Crippen molar-refractivity contribution in [1.29, 1.82) is 0 Å². The molecule has 0 radical (unpaired) electrons. The first kappa shape index (κ1) is 13.3. The number of amides is 1. The summed E-state index contributed by atoms with van der Waals surface area (Å²) in [6.07, 6.45) is 0. The molecule has 0 unspecified atom stereocenters. The Bertz CT molecular complexity index is 410. The van der Waals surface area contributed by atoms with Crippen molar-refractivity contribution in [1.82, 2.24) is 15.1 Å². The van der Waals surface area contributed by atoms with E-state index in [1.807, 2.05) is 37.4 Å². The minimum absolute atomic E-state index is 0.0546. The highest BCUT2D eigenvalue weighted by molar-refractivity contribution is 5.82. The molecule has 0 saturated heterocycles. The summed E-state index contributed by atoms with van der Waals surface area (Å²) in [7, 11) is 3.45. The molecule has 0 aromatic carbocycles. The molecule has 0 fully saturated rings. The predicted octanol–water partition coefficient (Wildman–Crippen LogP) is 0.537. The van der Waals surface area contributed by atoms with Crippen molar-refractivity contribution in [2.45, 2.75) is 26.8 Å². The van der Waals surface area contributed by atoms with Crippen molar-refractivity contribution in [3.8, 4) is 0 Å². The first-order valence-electron chi connectivity index (χ1n) is 5.64. The highest BCUT2D eigenvalue weighted by Gasteiger charge is 2.19. The highest BCUT2D eigenvalue weighted by atomic mass is 16.1. The summed E-state index contributed by atoms with van der Waals surface area (Å²) in [6, 6.07) is 0.202. The average Bonchev–Trinajstić information content (AvgIpc) is 2.55. The SMILES string of the molecule is CNC(=O)CN(C)c1c(N)c(C)nn1C(C)C. The molecule has 0 bridgehead atoms. The predicted molar refractivity (Wildman–Crippen MR) is 69.1 cm³/mol. The van der Waals surface area contributed by atoms with E-state index in [1.54, 1.807) is 7.05 Å². The lowest BCUT2D eigenvalue weighted by Gasteiger charge is -2.21. The fourth-order valence-corrected chi connectivity index (χ4v) is 1.66. The van der Waals surface area contributed by atoms with Crippen molar-refractivity contribution >= 4 is 17.4 Å². The van der Waals surface area contributed by atoms with Gasteiger partial charge in [0.1, 0.15) is 0 Å². The Balaban J connectivity index is 3.06.